The van der Waals surface area contributed by atoms with Crippen LogP contribution in [0.1, 0.15) is 28.8 Å². The first-order chi connectivity index (χ1) is 15.9. The van der Waals surface area contributed by atoms with Crippen molar-refractivity contribution < 1.29 is 22.3 Å². The van der Waals surface area contributed by atoms with Crippen molar-refractivity contribution in [2.75, 3.05) is 24.5 Å². The molecule has 6 nitrogen and oxygen atoms in total. The lowest BCUT2D eigenvalue weighted by atomic mass is 9.74. The zero-order valence-corrected chi connectivity index (χ0v) is 18.8. The fourth-order valence-electron chi connectivity index (χ4n) is 4.00. The van der Waals surface area contributed by atoms with Crippen molar-refractivity contribution in [3.05, 3.63) is 95.8 Å². The first kappa shape index (κ1) is 22.9. The number of amides is 1. The van der Waals surface area contributed by atoms with Crippen molar-refractivity contribution in [3.63, 3.8) is 0 Å². The number of hydrogen-bond acceptors (Lipinski definition) is 4. The number of nitrogens with one attached hydrogen (secondary N) is 2. The molecule has 3 aromatic rings. The van der Waals surface area contributed by atoms with Gasteiger partial charge in [-0.05, 0) is 66.9 Å². The predicted molar refractivity (Wildman–Crippen MR) is 124 cm³/mol. The summed E-state index contributed by atoms with van der Waals surface area (Å²) in [6, 6.07) is 20.8. The number of sulfonamides is 1. The van der Waals surface area contributed by atoms with E-state index in [0.717, 1.165) is 5.56 Å². The molecule has 33 heavy (non-hydrogen) atoms. The maximum absolute atomic E-state index is 13.9. The highest BCUT2D eigenvalue weighted by Crippen LogP contribution is 2.34. The van der Waals surface area contributed by atoms with Crippen LogP contribution in [0.3, 0.4) is 0 Å². The molecule has 1 amide bonds. The molecule has 1 fully saturated rings. The van der Waals surface area contributed by atoms with Gasteiger partial charge in [-0.15, -0.1) is 0 Å². The number of rotatable bonds is 7. The van der Waals surface area contributed by atoms with Crippen LogP contribution in [-0.2, 0) is 20.2 Å². The van der Waals surface area contributed by atoms with Crippen molar-refractivity contribution >= 4 is 21.6 Å². The monoisotopic (exact) mass is 468 g/mol. The molecule has 172 valence electrons. The number of carbonyl (C=O) groups is 1. The Labute approximate surface area is 192 Å². The summed E-state index contributed by atoms with van der Waals surface area (Å²) in [6.45, 7) is 1.44. The van der Waals surface area contributed by atoms with E-state index in [1.807, 2.05) is 6.07 Å². The predicted octanol–water partition coefficient (Wildman–Crippen LogP) is 4.10. The molecular weight excluding hydrogens is 443 g/mol. The molecule has 1 saturated heterocycles. The Morgan fingerprint density at radius 2 is 1.64 bits per heavy atom. The summed E-state index contributed by atoms with van der Waals surface area (Å²) < 4.78 is 46.8. The zero-order chi connectivity index (χ0) is 23.3. The third-order valence-corrected chi connectivity index (χ3v) is 7.32. The van der Waals surface area contributed by atoms with E-state index in [-0.39, 0.29) is 16.6 Å². The second kappa shape index (κ2) is 9.72. The van der Waals surface area contributed by atoms with E-state index in [1.54, 1.807) is 48.5 Å². The lowest BCUT2D eigenvalue weighted by Crippen LogP contribution is -2.44. The smallest absolute Gasteiger partial charge is 0.261 e. The highest BCUT2D eigenvalue weighted by Gasteiger charge is 2.35. The molecule has 0 aromatic heterocycles. The minimum atomic E-state index is -3.71. The normalized spacial score (nSPS) is 15.5. The van der Waals surface area contributed by atoms with Crippen molar-refractivity contribution in [3.8, 4) is 0 Å². The number of benzene rings is 3. The van der Waals surface area contributed by atoms with Gasteiger partial charge in [-0.25, -0.2) is 12.8 Å². The van der Waals surface area contributed by atoms with Gasteiger partial charge < -0.3 is 10.1 Å². The largest absolute Gasteiger partial charge is 0.381 e. The Morgan fingerprint density at radius 3 is 2.30 bits per heavy atom. The summed E-state index contributed by atoms with van der Waals surface area (Å²) in [5.41, 5.74) is 1.20. The second-order valence-corrected chi connectivity index (χ2v) is 9.76. The van der Waals surface area contributed by atoms with Gasteiger partial charge in [0.15, 0.2) is 0 Å². The van der Waals surface area contributed by atoms with Crippen molar-refractivity contribution in [1.82, 2.24) is 5.32 Å². The molecule has 2 N–H and O–H groups in total. The molecule has 1 aliphatic heterocycles. The Morgan fingerprint density at radius 1 is 0.939 bits per heavy atom. The van der Waals surface area contributed by atoms with Gasteiger partial charge >= 0.3 is 0 Å². The fraction of sp³-hybridized carbons (Fsp3) is 0.240. The average molecular weight is 469 g/mol. The van der Waals surface area contributed by atoms with Gasteiger partial charge in [0.1, 0.15) is 5.82 Å². The molecule has 0 aliphatic carbocycles. The summed E-state index contributed by atoms with van der Waals surface area (Å²) in [5.74, 6) is -0.590. The van der Waals surface area contributed by atoms with Crippen LogP contribution in [0.25, 0.3) is 0 Å². The first-order valence-corrected chi connectivity index (χ1v) is 12.2. The second-order valence-electron chi connectivity index (χ2n) is 8.08. The summed E-state index contributed by atoms with van der Waals surface area (Å²) in [6.07, 6.45) is 1.36. The van der Waals surface area contributed by atoms with E-state index in [1.165, 1.54) is 24.3 Å². The third kappa shape index (κ3) is 5.40. The maximum atomic E-state index is 13.9. The summed E-state index contributed by atoms with van der Waals surface area (Å²) in [4.78, 5) is 12.9. The van der Waals surface area contributed by atoms with E-state index in [2.05, 4.69) is 10.0 Å². The molecule has 0 bridgehead atoms. The van der Waals surface area contributed by atoms with Crippen LogP contribution in [0.4, 0.5) is 10.1 Å². The molecule has 1 heterocycles. The van der Waals surface area contributed by atoms with Crippen LogP contribution in [-0.4, -0.2) is 34.1 Å². The number of ether oxygens (including phenoxy) is 1. The van der Waals surface area contributed by atoms with E-state index in [4.69, 9.17) is 4.74 Å². The minimum absolute atomic E-state index is 0.158. The Kier molecular flexibility index (Phi) is 6.76. The number of hydrogen-bond donors (Lipinski definition) is 2. The van der Waals surface area contributed by atoms with Gasteiger partial charge in [-0.2, -0.15) is 0 Å². The van der Waals surface area contributed by atoms with Gasteiger partial charge in [-0.3, -0.25) is 9.52 Å². The minimum Gasteiger partial charge on any atom is -0.381 e. The topological polar surface area (TPSA) is 84.5 Å². The van der Waals surface area contributed by atoms with Gasteiger partial charge in [0.05, 0.1) is 4.90 Å². The number of anilines is 1. The van der Waals surface area contributed by atoms with Gasteiger partial charge in [0.2, 0.25) is 0 Å². The van der Waals surface area contributed by atoms with Crippen LogP contribution in [0.5, 0.6) is 0 Å². The molecule has 0 unspecified atom stereocenters. The molecular formula is C25H25FN2O4S. The van der Waals surface area contributed by atoms with Crippen LogP contribution in [0.15, 0.2) is 83.8 Å². The molecule has 8 heteroatoms. The molecule has 0 radical (unpaired) electrons. The Hall–Kier alpha value is -3.23. The standard InChI is InChI=1S/C25H25FN2O4S/c26-21-6-4-5-20(17-21)25(13-15-32-16-14-25)18-27-24(29)19-9-11-22(12-10-19)28-33(30,31)23-7-2-1-3-8-23/h1-12,17,28H,13-16,18H2,(H,27,29). The Balaban J connectivity index is 1.44. The van der Waals surface area contributed by atoms with Gasteiger partial charge in [0.25, 0.3) is 15.9 Å². The molecule has 0 spiro atoms. The van der Waals surface area contributed by atoms with E-state index in [0.29, 0.717) is 43.9 Å². The van der Waals surface area contributed by atoms with Crippen LogP contribution >= 0.6 is 0 Å². The molecule has 0 saturated carbocycles. The zero-order valence-electron chi connectivity index (χ0n) is 18.0. The van der Waals surface area contributed by atoms with E-state index < -0.39 is 15.4 Å². The SMILES string of the molecule is O=C(NCC1(c2cccc(F)c2)CCOCC1)c1ccc(NS(=O)(=O)c2ccccc2)cc1. The van der Waals surface area contributed by atoms with E-state index >= 15 is 0 Å². The lowest BCUT2D eigenvalue weighted by Gasteiger charge is -2.38. The summed E-state index contributed by atoms with van der Waals surface area (Å²) in [7, 11) is -3.71. The van der Waals surface area contributed by atoms with Crippen LogP contribution in [0, 0.1) is 5.82 Å². The van der Waals surface area contributed by atoms with Gasteiger partial charge in [-0.1, -0.05) is 30.3 Å². The highest BCUT2D eigenvalue weighted by atomic mass is 32.2. The third-order valence-electron chi connectivity index (χ3n) is 5.93. The fourth-order valence-corrected chi connectivity index (χ4v) is 5.08. The van der Waals surface area contributed by atoms with Crippen LogP contribution in [0.2, 0.25) is 0 Å². The van der Waals surface area contributed by atoms with Gasteiger partial charge in [0, 0.05) is 36.4 Å². The maximum Gasteiger partial charge on any atom is 0.261 e. The molecule has 4 rings (SSSR count). The van der Waals surface area contributed by atoms with Crippen molar-refractivity contribution in [2.45, 2.75) is 23.2 Å². The van der Waals surface area contributed by atoms with E-state index in [9.17, 15) is 17.6 Å². The number of carbonyl (C=O) groups excluding carboxylic acids is 1. The molecule has 3 aromatic carbocycles. The van der Waals surface area contributed by atoms with Crippen molar-refractivity contribution in [1.29, 1.82) is 0 Å². The average Bonchev–Trinajstić information content (AvgIpc) is 2.84. The van der Waals surface area contributed by atoms with Crippen LogP contribution < -0.4 is 10.0 Å². The van der Waals surface area contributed by atoms with Crippen molar-refractivity contribution in [2.24, 2.45) is 0 Å². The number of halogens is 1. The quantitative estimate of drug-likeness (QED) is 0.547. The molecule has 0 atom stereocenters. The summed E-state index contributed by atoms with van der Waals surface area (Å²) in [5, 5.41) is 2.97. The first-order valence-electron chi connectivity index (χ1n) is 10.7. The summed E-state index contributed by atoms with van der Waals surface area (Å²) >= 11 is 0. The highest BCUT2D eigenvalue weighted by molar-refractivity contribution is 7.92. The lowest BCUT2D eigenvalue weighted by molar-refractivity contribution is 0.0486. The molecule has 1 aliphatic rings. The Bertz CT molecular complexity index is 1210.